The lowest BCUT2D eigenvalue weighted by Crippen LogP contribution is -1.86. The number of benzene rings is 2. The second-order valence-electron chi connectivity index (χ2n) is 3.62. The maximum absolute atomic E-state index is 5.97. The van der Waals surface area contributed by atoms with Gasteiger partial charge in [-0.05, 0) is 45.7 Å². The van der Waals surface area contributed by atoms with Crippen molar-refractivity contribution >= 4 is 45.0 Å². The molecule has 0 spiro atoms. The predicted octanol–water partition coefficient (Wildman–Crippen LogP) is 4.86. The molecule has 2 aromatic carbocycles. The molecule has 0 aliphatic heterocycles. The maximum Gasteiger partial charge on any atom is 0.0412 e. The van der Waals surface area contributed by atoms with Crippen LogP contribution in [0.5, 0.6) is 0 Å². The Kier molecular flexibility index (Phi) is 3.87. The minimum atomic E-state index is 0.813. The van der Waals surface area contributed by atoms with Crippen LogP contribution in [0.4, 0.5) is 0 Å². The Balaban J connectivity index is 2.36. The normalized spacial score (nSPS) is 10.8. The van der Waals surface area contributed by atoms with Gasteiger partial charge >= 0.3 is 0 Å². The van der Waals surface area contributed by atoms with Crippen molar-refractivity contribution < 1.29 is 0 Å². The van der Waals surface area contributed by atoms with E-state index in [1.807, 2.05) is 12.1 Å². The Morgan fingerprint density at radius 1 is 1.00 bits per heavy atom. The maximum atomic E-state index is 5.97. The van der Waals surface area contributed by atoms with Crippen LogP contribution in [0.25, 0.3) is 10.8 Å². The third-order valence-electron chi connectivity index (χ3n) is 2.47. The molecule has 0 aromatic heterocycles. The van der Waals surface area contributed by atoms with Crippen LogP contribution in [0, 0.1) is 0 Å². The fraction of sp³-hybridized carbons (Fsp3) is 0.231. The smallest absolute Gasteiger partial charge is 0.0412 e. The van der Waals surface area contributed by atoms with Gasteiger partial charge in [0.05, 0.1) is 0 Å². The highest BCUT2D eigenvalue weighted by Gasteiger charge is 1.97. The van der Waals surface area contributed by atoms with E-state index in [-0.39, 0.29) is 0 Å². The molecule has 0 N–H and O–H groups in total. The molecule has 0 saturated carbocycles. The molecule has 2 aromatic rings. The van der Waals surface area contributed by atoms with E-state index in [2.05, 4.69) is 46.9 Å². The number of aryl methyl sites for hydroxylation is 1. The molecule has 0 amide bonds. The third-order valence-corrected chi connectivity index (χ3v) is 3.46. The van der Waals surface area contributed by atoms with Crippen molar-refractivity contribution in [2.45, 2.75) is 12.8 Å². The Hall–Kier alpha value is -0.280. The van der Waals surface area contributed by atoms with E-state index in [4.69, 9.17) is 11.6 Å². The van der Waals surface area contributed by atoms with Crippen molar-refractivity contribution in [2.24, 2.45) is 0 Å². The van der Waals surface area contributed by atoms with Gasteiger partial charge in [-0.1, -0.05) is 58.5 Å². The lowest BCUT2D eigenvalue weighted by Gasteiger charge is -2.03. The van der Waals surface area contributed by atoms with Crippen LogP contribution in [0.2, 0.25) is 5.02 Å². The molecule has 0 aliphatic carbocycles. The van der Waals surface area contributed by atoms with Gasteiger partial charge in [-0.25, -0.2) is 0 Å². The largest absolute Gasteiger partial charge is 0.0864 e. The van der Waals surface area contributed by atoms with E-state index < -0.39 is 0 Å². The average Bonchev–Trinajstić information content (AvgIpc) is 2.25. The standard InChI is InChI=1S/C13H12ClI/c14-13-6-5-11-4-3-10(2-1-7-15)8-12(11)9-13/h3-6,8-9H,1-2,7H2. The molecule has 78 valence electrons. The molecule has 0 heterocycles. The summed E-state index contributed by atoms with van der Waals surface area (Å²) in [5.74, 6) is 0. The van der Waals surface area contributed by atoms with Gasteiger partial charge in [0.15, 0.2) is 0 Å². The number of hydrogen-bond acceptors (Lipinski definition) is 0. The number of fused-ring (bicyclic) bond motifs is 1. The van der Waals surface area contributed by atoms with Gasteiger partial charge < -0.3 is 0 Å². The van der Waals surface area contributed by atoms with Gasteiger partial charge in [0.1, 0.15) is 0 Å². The van der Waals surface area contributed by atoms with Crippen LogP contribution in [-0.4, -0.2) is 4.43 Å². The van der Waals surface area contributed by atoms with Gasteiger partial charge in [0.25, 0.3) is 0 Å². The van der Waals surface area contributed by atoms with E-state index in [0.717, 1.165) is 11.4 Å². The van der Waals surface area contributed by atoms with Crippen LogP contribution in [-0.2, 0) is 6.42 Å². The summed E-state index contributed by atoms with van der Waals surface area (Å²) in [6.45, 7) is 0. The Morgan fingerprint density at radius 2 is 1.80 bits per heavy atom. The Labute approximate surface area is 109 Å². The second-order valence-corrected chi connectivity index (χ2v) is 5.13. The number of halogens is 2. The molecule has 2 rings (SSSR count). The number of hydrogen-bond donors (Lipinski definition) is 0. The summed E-state index contributed by atoms with van der Waals surface area (Å²) >= 11 is 8.39. The number of alkyl halides is 1. The Morgan fingerprint density at radius 3 is 2.60 bits per heavy atom. The fourth-order valence-corrected chi connectivity index (χ4v) is 2.26. The summed E-state index contributed by atoms with van der Waals surface area (Å²) in [5.41, 5.74) is 1.40. The highest BCUT2D eigenvalue weighted by atomic mass is 127. The third kappa shape index (κ3) is 2.85. The van der Waals surface area contributed by atoms with Crippen LogP contribution in [0.1, 0.15) is 12.0 Å². The zero-order valence-corrected chi connectivity index (χ0v) is 11.3. The highest BCUT2D eigenvalue weighted by molar-refractivity contribution is 14.1. The predicted molar refractivity (Wildman–Crippen MR) is 76.2 cm³/mol. The molecule has 0 aliphatic rings. The van der Waals surface area contributed by atoms with Crippen LogP contribution < -0.4 is 0 Å². The lowest BCUT2D eigenvalue weighted by molar-refractivity contribution is 0.948. The molecule has 0 unspecified atom stereocenters. The molecule has 0 bridgehead atoms. The summed E-state index contributed by atoms with van der Waals surface area (Å²) in [5, 5.41) is 3.32. The average molecular weight is 331 g/mol. The molecule has 2 heteroatoms. The van der Waals surface area contributed by atoms with Crippen molar-refractivity contribution in [1.29, 1.82) is 0 Å². The highest BCUT2D eigenvalue weighted by Crippen LogP contribution is 2.21. The van der Waals surface area contributed by atoms with Crippen molar-refractivity contribution in [2.75, 3.05) is 4.43 Å². The summed E-state index contributed by atoms with van der Waals surface area (Å²) in [6.07, 6.45) is 2.40. The molecular weight excluding hydrogens is 319 g/mol. The van der Waals surface area contributed by atoms with E-state index in [1.54, 1.807) is 0 Å². The van der Waals surface area contributed by atoms with Gasteiger partial charge in [-0.3, -0.25) is 0 Å². The molecular formula is C13H12ClI. The van der Waals surface area contributed by atoms with Crippen molar-refractivity contribution in [1.82, 2.24) is 0 Å². The van der Waals surface area contributed by atoms with Crippen molar-refractivity contribution in [3.63, 3.8) is 0 Å². The lowest BCUT2D eigenvalue weighted by atomic mass is 10.0. The minimum absolute atomic E-state index is 0.813. The van der Waals surface area contributed by atoms with Crippen LogP contribution in [0.3, 0.4) is 0 Å². The summed E-state index contributed by atoms with van der Waals surface area (Å²) < 4.78 is 1.21. The molecule has 0 radical (unpaired) electrons. The first-order valence-electron chi connectivity index (χ1n) is 5.04. The first kappa shape index (κ1) is 11.2. The fourth-order valence-electron chi connectivity index (χ4n) is 1.69. The summed E-state index contributed by atoms with van der Waals surface area (Å²) in [7, 11) is 0. The van der Waals surface area contributed by atoms with E-state index in [9.17, 15) is 0 Å². The van der Waals surface area contributed by atoms with E-state index >= 15 is 0 Å². The summed E-state index contributed by atoms with van der Waals surface area (Å²) in [6, 6.07) is 12.7. The monoisotopic (exact) mass is 330 g/mol. The van der Waals surface area contributed by atoms with Crippen LogP contribution in [0.15, 0.2) is 36.4 Å². The zero-order chi connectivity index (χ0) is 10.7. The van der Waals surface area contributed by atoms with E-state index in [1.165, 1.54) is 27.2 Å². The summed E-state index contributed by atoms with van der Waals surface area (Å²) in [4.78, 5) is 0. The van der Waals surface area contributed by atoms with Gasteiger partial charge in [-0.15, -0.1) is 0 Å². The molecule has 0 nitrogen and oxygen atoms in total. The quantitative estimate of drug-likeness (QED) is 0.557. The molecule has 0 saturated heterocycles. The molecule has 0 fully saturated rings. The van der Waals surface area contributed by atoms with Crippen molar-refractivity contribution in [3.05, 3.63) is 47.0 Å². The van der Waals surface area contributed by atoms with Gasteiger partial charge in [0, 0.05) is 5.02 Å². The zero-order valence-electron chi connectivity index (χ0n) is 8.34. The second kappa shape index (κ2) is 5.17. The van der Waals surface area contributed by atoms with Crippen LogP contribution >= 0.6 is 34.2 Å². The minimum Gasteiger partial charge on any atom is -0.0864 e. The SMILES string of the molecule is Clc1ccc2ccc(CCCI)cc2c1. The van der Waals surface area contributed by atoms with Crippen molar-refractivity contribution in [3.8, 4) is 0 Å². The van der Waals surface area contributed by atoms with Gasteiger partial charge in [0.2, 0.25) is 0 Å². The first-order valence-corrected chi connectivity index (χ1v) is 6.94. The molecule has 15 heavy (non-hydrogen) atoms. The Bertz CT molecular complexity index is 465. The number of rotatable bonds is 3. The topological polar surface area (TPSA) is 0 Å². The van der Waals surface area contributed by atoms with Gasteiger partial charge in [-0.2, -0.15) is 0 Å². The first-order chi connectivity index (χ1) is 7.29. The molecule has 0 atom stereocenters. The van der Waals surface area contributed by atoms with E-state index in [0.29, 0.717) is 0 Å².